The normalized spacial score (nSPS) is 13.8. The Morgan fingerprint density at radius 3 is 2.47 bits per heavy atom. The van der Waals surface area contributed by atoms with Crippen LogP contribution in [0.4, 0.5) is 5.82 Å². The van der Waals surface area contributed by atoms with Gasteiger partial charge in [-0.1, -0.05) is 55.4 Å². The zero-order chi connectivity index (χ0) is 26.1. The van der Waals surface area contributed by atoms with Crippen LogP contribution in [0.15, 0.2) is 53.7 Å². The van der Waals surface area contributed by atoms with Crippen molar-refractivity contribution in [3.63, 3.8) is 0 Å². The number of nitrogens with one attached hydrogen (secondary N) is 1. The van der Waals surface area contributed by atoms with E-state index in [0.717, 1.165) is 5.56 Å². The van der Waals surface area contributed by atoms with Crippen LogP contribution in [0.3, 0.4) is 0 Å². The van der Waals surface area contributed by atoms with Crippen LogP contribution in [0.5, 0.6) is 0 Å². The van der Waals surface area contributed by atoms with Gasteiger partial charge in [0.2, 0.25) is 11.7 Å². The number of hydrogen-bond acceptors (Lipinski definition) is 9. The molecule has 2 heterocycles. The molecule has 1 aromatic carbocycles. The van der Waals surface area contributed by atoms with Gasteiger partial charge in [0.05, 0.1) is 5.69 Å². The minimum absolute atomic E-state index is 0.00766. The fraction of sp³-hybridized carbons (Fsp3) is 0.440. The topological polar surface area (TPSA) is 126 Å². The summed E-state index contributed by atoms with van der Waals surface area (Å²) in [5.74, 6) is 0.00112. The van der Waals surface area contributed by atoms with Gasteiger partial charge in [-0.2, -0.15) is 0 Å². The number of ether oxygens (including phenoxy) is 2. The summed E-state index contributed by atoms with van der Waals surface area (Å²) in [6.07, 6.45) is 0.294. The van der Waals surface area contributed by atoms with Crippen molar-refractivity contribution in [2.75, 3.05) is 19.5 Å². The molecule has 0 bridgehead atoms. The molecule has 11 nitrogen and oxygen atoms in total. The van der Waals surface area contributed by atoms with E-state index in [0.29, 0.717) is 29.5 Å². The molecule has 2 unspecified atom stereocenters. The number of amides is 1. The van der Waals surface area contributed by atoms with E-state index >= 15 is 0 Å². The monoisotopic (exact) mass is 495 g/mol. The van der Waals surface area contributed by atoms with E-state index in [1.807, 2.05) is 51.1 Å². The highest BCUT2D eigenvalue weighted by atomic mass is 16.7. The first kappa shape index (κ1) is 26.9. The van der Waals surface area contributed by atoms with Crippen LogP contribution in [0.2, 0.25) is 0 Å². The number of nitrogens with zero attached hydrogens (tertiary/aromatic N) is 6. The molecule has 0 fully saturated rings. The third-order valence-electron chi connectivity index (χ3n) is 6.32. The van der Waals surface area contributed by atoms with Crippen molar-refractivity contribution >= 4 is 17.4 Å². The standard InChI is InChI=1S/C25H33N7O4/c1-17(18(2)25(3,34-5)35-6)15-22(33)27-21-14-10-13-20(26-21)16-36-29-23(19-11-8-7-9-12-19)24-28-30-31-32(24)4/h7-14,17-18H,15-16H2,1-6H3,(H,26,27,33)/b29-23-. The molecular formula is C25H33N7O4. The van der Waals surface area contributed by atoms with Crippen LogP contribution in [0.25, 0.3) is 0 Å². The molecule has 0 aliphatic rings. The highest BCUT2D eigenvalue weighted by Gasteiger charge is 2.35. The predicted octanol–water partition coefficient (Wildman–Crippen LogP) is 3.18. The van der Waals surface area contributed by atoms with Gasteiger partial charge in [0.25, 0.3) is 0 Å². The Kier molecular flexibility index (Phi) is 9.20. The molecule has 0 saturated heterocycles. The van der Waals surface area contributed by atoms with E-state index in [1.165, 1.54) is 4.68 Å². The number of carbonyl (C=O) groups excluding carboxylic acids is 1. The lowest BCUT2D eigenvalue weighted by Gasteiger charge is -2.36. The van der Waals surface area contributed by atoms with Gasteiger partial charge in [-0.05, 0) is 35.4 Å². The number of anilines is 1. The van der Waals surface area contributed by atoms with Crippen LogP contribution in [0.1, 0.15) is 44.3 Å². The molecule has 1 amide bonds. The number of rotatable bonds is 12. The summed E-state index contributed by atoms with van der Waals surface area (Å²) in [6, 6.07) is 14.8. The average molecular weight is 496 g/mol. The molecule has 1 N–H and O–H groups in total. The molecule has 0 aliphatic heterocycles. The fourth-order valence-corrected chi connectivity index (χ4v) is 3.68. The lowest BCUT2D eigenvalue weighted by molar-refractivity contribution is -0.232. The summed E-state index contributed by atoms with van der Waals surface area (Å²) in [4.78, 5) is 22.7. The van der Waals surface area contributed by atoms with Gasteiger partial charge in [0.1, 0.15) is 5.82 Å². The van der Waals surface area contributed by atoms with Gasteiger partial charge in [0.15, 0.2) is 18.1 Å². The van der Waals surface area contributed by atoms with Gasteiger partial charge < -0.3 is 19.6 Å². The maximum Gasteiger partial charge on any atom is 0.225 e. The second-order valence-corrected chi connectivity index (χ2v) is 8.66. The second-order valence-electron chi connectivity index (χ2n) is 8.66. The summed E-state index contributed by atoms with van der Waals surface area (Å²) in [5, 5.41) is 18.7. The smallest absolute Gasteiger partial charge is 0.225 e. The molecule has 0 radical (unpaired) electrons. The van der Waals surface area contributed by atoms with Gasteiger partial charge >= 0.3 is 0 Å². The quantitative estimate of drug-likeness (QED) is 0.231. The van der Waals surface area contributed by atoms with Crippen LogP contribution < -0.4 is 5.32 Å². The number of carbonyl (C=O) groups is 1. The number of aryl methyl sites for hydroxylation is 1. The SMILES string of the molecule is COC(C)(OC)C(C)C(C)CC(=O)Nc1cccc(CO/N=C(/c2ccccc2)c2nnnn2C)n1. The Balaban J connectivity index is 1.64. The molecule has 0 aliphatic carbocycles. The van der Waals surface area contributed by atoms with Gasteiger partial charge in [-0.15, -0.1) is 5.10 Å². The number of oxime groups is 1. The molecule has 0 spiro atoms. The van der Waals surface area contributed by atoms with Crippen LogP contribution in [-0.2, 0) is 32.8 Å². The van der Waals surface area contributed by atoms with Crippen molar-refractivity contribution in [1.82, 2.24) is 25.2 Å². The number of methoxy groups -OCH3 is 2. The third kappa shape index (κ3) is 6.70. The summed E-state index contributed by atoms with van der Waals surface area (Å²) in [7, 11) is 4.93. The number of benzene rings is 1. The average Bonchev–Trinajstić information content (AvgIpc) is 3.31. The summed E-state index contributed by atoms with van der Waals surface area (Å²) in [5.41, 5.74) is 1.91. The largest absolute Gasteiger partial charge is 0.389 e. The van der Waals surface area contributed by atoms with E-state index in [2.05, 4.69) is 31.0 Å². The Hall–Kier alpha value is -3.70. The molecule has 11 heteroatoms. The number of hydrogen-bond donors (Lipinski definition) is 1. The Morgan fingerprint density at radius 2 is 1.83 bits per heavy atom. The van der Waals surface area contributed by atoms with Crippen LogP contribution >= 0.6 is 0 Å². The van der Waals surface area contributed by atoms with E-state index < -0.39 is 5.79 Å². The minimum atomic E-state index is -0.768. The van der Waals surface area contributed by atoms with Crippen molar-refractivity contribution in [3.05, 3.63) is 65.6 Å². The number of aromatic nitrogens is 5. The van der Waals surface area contributed by atoms with Gasteiger partial charge in [-0.25, -0.2) is 9.67 Å². The molecule has 2 aromatic heterocycles. The first-order valence-electron chi connectivity index (χ1n) is 11.6. The Morgan fingerprint density at radius 1 is 1.11 bits per heavy atom. The summed E-state index contributed by atoms with van der Waals surface area (Å²) >= 11 is 0. The van der Waals surface area contributed by atoms with Crippen molar-refractivity contribution in [2.24, 2.45) is 24.0 Å². The molecule has 2 atom stereocenters. The van der Waals surface area contributed by atoms with Crippen LogP contribution in [-0.4, -0.2) is 56.8 Å². The van der Waals surface area contributed by atoms with Gasteiger partial charge in [0, 0.05) is 39.2 Å². The molecule has 3 rings (SSSR count). The molecule has 0 saturated carbocycles. The first-order valence-corrected chi connectivity index (χ1v) is 11.6. The number of pyridine rings is 1. The number of tetrazole rings is 1. The lowest BCUT2D eigenvalue weighted by Crippen LogP contribution is -2.41. The molecule has 192 valence electrons. The molecular weight excluding hydrogens is 462 g/mol. The fourth-order valence-electron chi connectivity index (χ4n) is 3.68. The van der Waals surface area contributed by atoms with E-state index in [-0.39, 0.29) is 24.3 Å². The highest BCUT2D eigenvalue weighted by molar-refractivity contribution is 6.10. The van der Waals surface area contributed by atoms with E-state index in [9.17, 15) is 4.79 Å². The summed E-state index contributed by atoms with van der Waals surface area (Å²) in [6.45, 7) is 5.96. The maximum atomic E-state index is 12.7. The molecule has 36 heavy (non-hydrogen) atoms. The van der Waals surface area contributed by atoms with Crippen molar-refractivity contribution < 1.29 is 19.1 Å². The van der Waals surface area contributed by atoms with E-state index in [4.69, 9.17) is 14.3 Å². The van der Waals surface area contributed by atoms with E-state index in [1.54, 1.807) is 39.5 Å². The zero-order valence-electron chi connectivity index (χ0n) is 21.5. The molecule has 3 aromatic rings. The van der Waals surface area contributed by atoms with Crippen molar-refractivity contribution in [3.8, 4) is 0 Å². The predicted molar refractivity (Wildman–Crippen MR) is 134 cm³/mol. The first-order chi connectivity index (χ1) is 17.3. The Bertz CT molecular complexity index is 1160. The Labute approximate surface area is 210 Å². The lowest BCUT2D eigenvalue weighted by atomic mass is 9.86. The minimum Gasteiger partial charge on any atom is -0.389 e. The summed E-state index contributed by atoms with van der Waals surface area (Å²) < 4.78 is 12.5. The zero-order valence-corrected chi connectivity index (χ0v) is 21.5. The van der Waals surface area contributed by atoms with Gasteiger partial charge in [-0.3, -0.25) is 4.79 Å². The third-order valence-corrected chi connectivity index (χ3v) is 6.32. The van der Waals surface area contributed by atoms with Crippen molar-refractivity contribution in [1.29, 1.82) is 0 Å². The van der Waals surface area contributed by atoms with Crippen molar-refractivity contribution in [2.45, 2.75) is 39.6 Å². The highest BCUT2D eigenvalue weighted by Crippen LogP contribution is 2.30. The van der Waals surface area contributed by atoms with Crippen LogP contribution in [0, 0.1) is 11.8 Å². The second kappa shape index (κ2) is 12.3. The maximum absolute atomic E-state index is 12.7.